The first kappa shape index (κ1) is 17.9. The molecule has 0 atom stereocenters. The molecule has 3 aromatic heterocycles. The molecule has 5 rings (SSSR count). The number of rotatable bonds is 6. The zero-order valence-corrected chi connectivity index (χ0v) is 16.1. The Kier molecular flexibility index (Phi) is 4.79. The number of ether oxygens (including phenoxy) is 1. The van der Waals surface area contributed by atoms with E-state index in [-0.39, 0.29) is 0 Å². The molecule has 0 spiro atoms. The van der Waals surface area contributed by atoms with Crippen LogP contribution in [0.5, 0.6) is 11.5 Å². The number of anilines is 1. The summed E-state index contributed by atoms with van der Waals surface area (Å²) in [7, 11) is 0. The van der Waals surface area contributed by atoms with Crippen LogP contribution in [0.4, 0.5) is 5.82 Å². The second kappa shape index (κ2) is 8.05. The summed E-state index contributed by atoms with van der Waals surface area (Å²) in [4.78, 5) is 13.2. The van der Waals surface area contributed by atoms with Crippen molar-refractivity contribution in [2.45, 2.75) is 6.54 Å². The van der Waals surface area contributed by atoms with E-state index in [4.69, 9.17) is 4.74 Å². The second-order valence-corrected chi connectivity index (χ2v) is 6.73. The lowest BCUT2D eigenvalue weighted by molar-refractivity contribution is 0.484. The van der Waals surface area contributed by atoms with Crippen LogP contribution >= 0.6 is 0 Å². The zero-order chi connectivity index (χ0) is 20.2. The van der Waals surface area contributed by atoms with Crippen LogP contribution in [0.3, 0.4) is 0 Å². The van der Waals surface area contributed by atoms with Gasteiger partial charge >= 0.3 is 0 Å². The van der Waals surface area contributed by atoms with E-state index >= 15 is 0 Å². The molecule has 0 radical (unpaired) electrons. The number of nitrogens with one attached hydrogen (secondary N) is 1. The third kappa shape index (κ3) is 3.58. The number of hydrogen-bond acceptors (Lipinski definition) is 5. The van der Waals surface area contributed by atoms with Crippen LogP contribution < -0.4 is 10.1 Å². The summed E-state index contributed by atoms with van der Waals surface area (Å²) in [6.07, 6.45) is 9.09. The molecule has 5 aromatic rings. The summed E-state index contributed by atoms with van der Waals surface area (Å²) < 4.78 is 8.16. The van der Waals surface area contributed by atoms with Crippen LogP contribution in [-0.2, 0) is 6.54 Å². The number of imidazole rings is 1. The molecule has 0 amide bonds. The molecule has 0 aliphatic rings. The molecule has 0 fully saturated rings. The average molecular weight is 393 g/mol. The van der Waals surface area contributed by atoms with E-state index in [0.29, 0.717) is 6.54 Å². The topological polar surface area (TPSA) is 64.3 Å². The third-order valence-electron chi connectivity index (χ3n) is 4.77. The van der Waals surface area contributed by atoms with Gasteiger partial charge in [-0.15, -0.1) is 0 Å². The average Bonchev–Trinajstić information content (AvgIpc) is 3.24. The summed E-state index contributed by atoms with van der Waals surface area (Å²) in [6, 6.07) is 21.7. The molecule has 0 saturated heterocycles. The van der Waals surface area contributed by atoms with E-state index in [1.165, 1.54) is 0 Å². The molecule has 6 heteroatoms. The molecule has 3 heterocycles. The summed E-state index contributed by atoms with van der Waals surface area (Å²) in [5, 5.41) is 3.37. The Labute approximate surface area is 173 Å². The molecule has 1 N–H and O–H groups in total. The summed E-state index contributed by atoms with van der Waals surface area (Å²) in [5.74, 6) is 2.29. The third-order valence-corrected chi connectivity index (χ3v) is 4.77. The minimum Gasteiger partial charge on any atom is -0.457 e. The number of nitrogens with zero attached hydrogens (tertiary/aromatic N) is 4. The Morgan fingerprint density at radius 1 is 0.833 bits per heavy atom. The van der Waals surface area contributed by atoms with Gasteiger partial charge in [0.2, 0.25) is 0 Å². The Bertz CT molecular complexity index is 1270. The number of para-hydroxylation sites is 2. The summed E-state index contributed by atoms with van der Waals surface area (Å²) in [6.45, 7) is 0.644. The SMILES string of the molecule is c1ccc(Oc2ccccc2-c2cnc3c(NCc4ccncc4)nccn23)cc1. The molecule has 0 unspecified atom stereocenters. The van der Waals surface area contributed by atoms with Gasteiger partial charge in [-0.1, -0.05) is 30.3 Å². The minimum atomic E-state index is 0.644. The van der Waals surface area contributed by atoms with Crippen molar-refractivity contribution < 1.29 is 4.74 Å². The number of benzene rings is 2. The highest BCUT2D eigenvalue weighted by atomic mass is 16.5. The van der Waals surface area contributed by atoms with Crippen molar-refractivity contribution >= 4 is 11.5 Å². The van der Waals surface area contributed by atoms with E-state index in [1.807, 2.05) is 83.5 Å². The van der Waals surface area contributed by atoms with Crippen molar-refractivity contribution in [3.8, 4) is 22.8 Å². The van der Waals surface area contributed by atoms with E-state index in [1.54, 1.807) is 18.6 Å². The maximum atomic E-state index is 6.14. The number of fused-ring (bicyclic) bond motifs is 1. The molecule has 0 aliphatic heterocycles. The van der Waals surface area contributed by atoms with Crippen LogP contribution in [0.1, 0.15) is 5.56 Å². The first-order valence-electron chi connectivity index (χ1n) is 9.65. The number of pyridine rings is 1. The number of hydrogen-bond donors (Lipinski definition) is 1. The first-order valence-corrected chi connectivity index (χ1v) is 9.65. The zero-order valence-electron chi connectivity index (χ0n) is 16.1. The fraction of sp³-hybridized carbons (Fsp3) is 0.0417. The van der Waals surface area contributed by atoms with Crippen molar-refractivity contribution in [3.05, 3.63) is 103 Å². The van der Waals surface area contributed by atoms with Crippen LogP contribution in [0, 0.1) is 0 Å². The van der Waals surface area contributed by atoms with Gasteiger partial charge < -0.3 is 10.1 Å². The molecule has 0 aliphatic carbocycles. The predicted molar refractivity (Wildman–Crippen MR) is 117 cm³/mol. The maximum absolute atomic E-state index is 6.14. The largest absolute Gasteiger partial charge is 0.457 e. The van der Waals surface area contributed by atoms with Crippen molar-refractivity contribution in [2.24, 2.45) is 0 Å². The number of aromatic nitrogens is 4. The molecule has 0 saturated carbocycles. The molecule has 0 bridgehead atoms. The quantitative estimate of drug-likeness (QED) is 0.430. The Morgan fingerprint density at radius 3 is 2.50 bits per heavy atom. The fourth-order valence-corrected chi connectivity index (χ4v) is 3.31. The van der Waals surface area contributed by atoms with Gasteiger partial charge in [0.1, 0.15) is 11.5 Å². The lowest BCUT2D eigenvalue weighted by Crippen LogP contribution is -2.04. The molecular weight excluding hydrogens is 374 g/mol. The Morgan fingerprint density at radius 2 is 1.63 bits per heavy atom. The molecular formula is C24H19N5O. The van der Waals surface area contributed by atoms with Gasteiger partial charge in [-0.05, 0) is 42.0 Å². The van der Waals surface area contributed by atoms with Gasteiger partial charge in [0.25, 0.3) is 0 Å². The highest BCUT2D eigenvalue weighted by Gasteiger charge is 2.14. The predicted octanol–water partition coefficient (Wildman–Crippen LogP) is 5.20. The van der Waals surface area contributed by atoms with Crippen molar-refractivity contribution in [1.29, 1.82) is 0 Å². The highest BCUT2D eigenvalue weighted by molar-refractivity contribution is 5.74. The highest BCUT2D eigenvalue weighted by Crippen LogP contribution is 2.34. The molecule has 6 nitrogen and oxygen atoms in total. The van der Waals surface area contributed by atoms with Crippen molar-refractivity contribution in [1.82, 2.24) is 19.4 Å². The lowest BCUT2D eigenvalue weighted by Gasteiger charge is -2.11. The molecule has 146 valence electrons. The monoisotopic (exact) mass is 393 g/mol. The Balaban J connectivity index is 1.49. The standard InChI is InChI=1S/C24H19N5O/c1-2-6-19(7-3-1)30-22-9-5-4-8-20(22)21-17-28-24-23(26-14-15-29(21)24)27-16-18-10-12-25-13-11-18/h1-15,17H,16H2,(H,26,27). The van der Waals surface area contributed by atoms with Crippen molar-refractivity contribution in [3.63, 3.8) is 0 Å². The van der Waals surface area contributed by atoms with Gasteiger partial charge in [-0.25, -0.2) is 9.97 Å². The lowest BCUT2D eigenvalue weighted by atomic mass is 10.1. The summed E-state index contributed by atoms with van der Waals surface area (Å²) in [5.41, 5.74) is 3.78. The van der Waals surface area contributed by atoms with E-state index < -0.39 is 0 Å². The normalized spacial score (nSPS) is 10.8. The van der Waals surface area contributed by atoms with Gasteiger partial charge in [-0.3, -0.25) is 9.38 Å². The Hall–Kier alpha value is -4.19. The molecule has 30 heavy (non-hydrogen) atoms. The van der Waals surface area contributed by atoms with Crippen LogP contribution in [0.15, 0.2) is 97.7 Å². The van der Waals surface area contributed by atoms with Crippen LogP contribution in [0.2, 0.25) is 0 Å². The van der Waals surface area contributed by atoms with E-state index in [2.05, 4.69) is 20.3 Å². The van der Waals surface area contributed by atoms with Crippen LogP contribution in [0.25, 0.3) is 16.9 Å². The molecule has 2 aromatic carbocycles. The smallest absolute Gasteiger partial charge is 0.180 e. The fourth-order valence-electron chi connectivity index (χ4n) is 3.31. The van der Waals surface area contributed by atoms with Gasteiger partial charge in [-0.2, -0.15) is 0 Å². The van der Waals surface area contributed by atoms with E-state index in [0.717, 1.165) is 39.8 Å². The van der Waals surface area contributed by atoms with Gasteiger partial charge in [0.15, 0.2) is 11.5 Å². The second-order valence-electron chi connectivity index (χ2n) is 6.73. The first-order chi connectivity index (χ1) is 14.9. The summed E-state index contributed by atoms with van der Waals surface area (Å²) >= 11 is 0. The van der Waals surface area contributed by atoms with Crippen molar-refractivity contribution in [2.75, 3.05) is 5.32 Å². The maximum Gasteiger partial charge on any atom is 0.180 e. The van der Waals surface area contributed by atoms with Gasteiger partial charge in [0.05, 0.1) is 11.9 Å². The van der Waals surface area contributed by atoms with Gasteiger partial charge in [0, 0.05) is 36.9 Å². The minimum absolute atomic E-state index is 0.644. The van der Waals surface area contributed by atoms with Crippen LogP contribution in [-0.4, -0.2) is 19.4 Å². The van der Waals surface area contributed by atoms with E-state index in [9.17, 15) is 0 Å².